The van der Waals surface area contributed by atoms with Crippen molar-refractivity contribution in [2.45, 2.75) is 34.1 Å². The van der Waals surface area contributed by atoms with Crippen molar-refractivity contribution in [3.05, 3.63) is 22.5 Å². The number of hydrogen-bond donors (Lipinski definition) is 0. The third-order valence-corrected chi connectivity index (χ3v) is 3.08. The number of Topliss-reactive ketones (excluding diaryl/α,β-unsaturated/α-hetero) is 2. The lowest BCUT2D eigenvalue weighted by atomic mass is 9.92. The molecule has 0 N–H and O–H groups in total. The average Bonchev–Trinajstić information content (AvgIpc) is 2.13. The molecule has 0 saturated heterocycles. The Balaban J connectivity index is 3.20. The zero-order valence-electron chi connectivity index (χ0n) is 9.97. The van der Waals surface area contributed by atoms with Crippen LogP contribution in [0.3, 0.4) is 0 Å². The van der Waals surface area contributed by atoms with Gasteiger partial charge in [0.15, 0.2) is 11.6 Å². The molecule has 0 atom stereocenters. The summed E-state index contributed by atoms with van der Waals surface area (Å²) in [4.78, 5) is 24.7. The Labute approximate surface area is 90.5 Å². The van der Waals surface area contributed by atoms with Gasteiger partial charge in [0.25, 0.3) is 0 Å². The lowest BCUT2D eigenvalue weighted by Crippen LogP contribution is -2.25. The predicted molar refractivity (Wildman–Crippen MR) is 59.1 cm³/mol. The molecule has 0 radical (unpaired) electrons. The molecular weight excluding hydrogens is 190 g/mol. The highest BCUT2D eigenvalue weighted by atomic mass is 16.1. The maximum atomic E-state index is 11.4. The van der Waals surface area contributed by atoms with Crippen molar-refractivity contribution in [1.29, 1.82) is 0 Å². The number of hydrogen-bond acceptors (Lipinski definition) is 3. The van der Waals surface area contributed by atoms with E-state index in [4.69, 9.17) is 0 Å². The minimum atomic E-state index is 0.0469. The van der Waals surface area contributed by atoms with E-state index in [0.717, 1.165) is 22.5 Å². The summed E-state index contributed by atoms with van der Waals surface area (Å²) in [7, 11) is 1.88. The lowest BCUT2D eigenvalue weighted by molar-refractivity contribution is -0.114. The van der Waals surface area contributed by atoms with Crippen LogP contribution in [0.1, 0.15) is 34.1 Å². The SMILES string of the molecule is CC(=O)C1=C(C)N(C)C(C)=C(C(C)=O)C1. The van der Waals surface area contributed by atoms with Gasteiger partial charge in [-0.2, -0.15) is 0 Å². The molecule has 1 aliphatic heterocycles. The molecule has 3 nitrogen and oxygen atoms in total. The Hall–Kier alpha value is -1.38. The Morgan fingerprint density at radius 3 is 1.60 bits per heavy atom. The zero-order chi connectivity index (χ0) is 11.7. The highest BCUT2D eigenvalue weighted by Crippen LogP contribution is 2.29. The summed E-state index contributed by atoms with van der Waals surface area (Å²) < 4.78 is 0. The van der Waals surface area contributed by atoms with Crippen molar-refractivity contribution in [3.8, 4) is 0 Å². The standard InChI is InChI=1S/C12H17NO2/c1-7-11(9(3)14)6-12(10(4)15)8(2)13(7)5/h6H2,1-5H3. The summed E-state index contributed by atoms with van der Waals surface area (Å²) in [6.45, 7) is 6.92. The summed E-state index contributed by atoms with van der Waals surface area (Å²) in [5.41, 5.74) is 3.39. The highest BCUT2D eigenvalue weighted by Gasteiger charge is 2.24. The van der Waals surface area contributed by atoms with Crippen LogP contribution in [0.15, 0.2) is 22.5 Å². The zero-order valence-corrected chi connectivity index (χ0v) is 9.97. The van der Waals surface area contributed by atoms with E-state index < -0.39 is 0 Å². The molecule has 0 aromatic rings. The van der Waals surface area contributed by atoms with E-state index >= 15 is 0 Å². The molecule has 0 aliphatic carbocycles. The van der Waals surface area contributed by atoms with Gasteiger partial charge < -0.3 is 4.90 Å². The summed E-state index contributed by atoms with van der Waals surface area (Å²) in [5.74, 6) is 0.0937. The van der Waals surface area contributed by atoms with Crippen LogP contribution in [0, 0.1) is 0 Å². The Morgan fingerprint density at radius 2 is 1.33 bits per heavy atom. The first-order chi connectivity index (χ1) is 6.86. The van der Waals surface area contributed by atoms with E-state index in [1.165, 1.54) is 0 Å². The number of allylic oxidation sites excluding steroid dienone is 4. The molecule has 82 valence electrons. The number of nitrogens with zero attached hydrogens (tertiary/aromatic N) is 1. The van der Waals surface area contributed by atoms with Gasteiger partial charge in [0.2, 0.25) is 0 Å². The van der Waals surface area contributed by atoms with Crippen LogP contribution in [-0.4, -0.2) is 23.5 Å². The minimum Gasteiger partial charge on any atom is -0.351 e. The van der Waals surface area contributed by atoms with Gasteiger partial charge in [0.05, 0.1) is 0 Å². The van der Waals surface area contributed by atoms with Gasteiger partial charge in [-0.05, 0) is 27.7 Å². The average molecular weight is 207 g/mol. The van der Waals surface area contributed by atoms with Gasteiger partial charge in [-0.3, -0.25) is 9.59 Å². The van der Waals surface area contributed by atoms with Gasteiger partial charge in [-0.15, -0.1) is 0 Å². The van der Waals surface area contributed by atoms with E-state index in [9.17, 15) is 9.59 Å². The van der Waals surface area contributed by atoms with Gasteiger partial charge in [0, 0.05) is 36.0 Å². The van der Waals surface area contributed by atoms with Crippen LogP contribution in [0.25, 0.3) is 0 Å². The van der Waals surface area contributed by atoms with Crippen molar-refractivity contribution in [3.63, 3.8) is 0 Å². The van der Waals surface area contributed by atoms with E-state index in [2.05, 4.69) is 0 Å². The summed E-state index contributed by atoms with van der Waals surface area (Å²) in [6, 6.07) is 0. The van der Waals surface area contributed by atoms with E-state index in [0.29, 0.717) is 6.42 Å². The minimum absolute atomic E-state index is 0.0469. The van der Waals surface area contributed by atoms with Crippen LogP contribution in [0.5, 0.6) is 0 Å². The fourth-order valence-electron chi connectivity index (χ4n) is 1.85. The van der Waals surface area contributed by atoms with Crippen LogP contribution < -0.4 is 0 Å². The molecule has 0 unspecified atom stereocenters. The molecule has 0 saturated carbocycles. The molecule has 0 bridgehead atoms. The lowest BCUT2D eigenvalue weighted by Gasteiger charge is -2.30. The largest absolute Gasteiger partial charge is 0.351 e. The normalized spacial score (nSPS) is 17.3. The van der Waals surface area contributed by atoms with Crippen LogP contribution in [-0.2, 0) is 9.59 Å². The van der Waals surface area contributed by atoms with Crippen molar-refractivity contribution in [2.24, 2.45) is 0 Å². The first-order valence-corrected chi connectivity index (χ1v) is 5.01. The van der Waals surface area contributed by atoms with Crippen molar-refractivity contribution < 1.29 is 9.59 Å². The number of ketones is 2. The van der Waals surface area contributed by atoms with Crippen LogP contribution in [0.2, 0.25) is 0 Å². The van der Waals surface area contributed by atoms with E-state index in [-0.39, 0.29) is 11.6 Å². The molecule has 3 heteroatoms. The predicted octanol–water partition coefficient (Wildman–Crippen LogP) is 2.05. The smallest absolute Gasteiger partial charge is 0.157 e. The summed E-state index contributed by atoms with van der Waals surface area (Å²) in [6.07, 6.45) is 0.479. The van der Waals surface area contributed by atoms with E-state index in [1.54, 1.807) is 13.8 Å². The third kappa shape index (κ3) is 2.01. The van der Waals surface area contributed by atoms with Gasteiger partial charge in [-0.1, -0.05) is 0 Å². The molecule has 0 spiro atoms. The molecular formula is C12H17NO2. The maximum absolute atomic E-state index is 11.4. The molecule has 1 heterocycles. The molecule has 0 amide bonds. The highest BCUT2D eigenvalue weighted by molar-refractivity contribution is 6.00. The Morgan fingerprint density at radius 1 is 1.00 bits per heavy atom. The van der Waals surface area contributed by atoms with Gasteiger partial charge >= 0.3 is 0 Å². The molecule has 0 aromatic heterocycles. The number of carbonyl (C=O) groups excluding carboxylic acids is 2. The van der Waals surface area contributed by atoms with Crippen LogP contribution in [0.4, 0.5) is 0 Å². The first kappa shape index (κ1) is 11.7. The van der Waals surface area contributed by atoms with Crippen molar-refractivity contribution in [1.82, 2.24) is 4.90 Å². The summed E-state index contributed by atoms with van der Waals surface area (Å²) >= 11 is 0. The summed E-state index contributed by atoms with van der Waals surface area (Å²) in [5, 5.41) is 0. The third-order valence-electron chi connectivity index (χ3n) is 3.08. The second-order valence-corrected chi connectivity index (χ2v) is 3.98. The molecule has 15 heavy (non-hydrogen) atoms. The van der Waals surface area contributed by atoms with Crippen molar-refractivity contribution >= 4 is 11.6 Å². The fourth-order valence-corrected chi connectivity index (χ4v) is 1.85. The van der Waals surface area contributed by atoms with E-state index in [1.807, 2.05) is 25.8 Å². The van der Waals surface area contributed by atoms with Gasteiger partial charge in [-0.25, -0.2) is 0 Å². The van der Waals surface area contributed by atoms with Gasteiger partial charge in [0.1, 0.15) is 0 Å². The monoisotopic (exact) mass is 207 g/mol. The molecule has 0 aromatic carbocycles. The topological polar surface area (TPSA) is 37.4 Å². The second kappa shape index (κ2) is 4.01. The number of carbonyl (C=O) groups is 2. The first-order valence-electron chi connectivity index (χ1n) is 5.01. The Bertz CT molecular complexity index is 352. The molecule has 0 fully saturated rings. The second-order valence-electron chi connectivity index (χ2n) is 3.98. The fraction of sp³-hybridized carbons (Fsp3) is 0.500. The number of rotatable bonds is 2. The van der Waals surface area contributed by atoms with Crippen molar-refractivity contribution in [2.75, 3.05) is 7.05 Å². The molecule has 1 aliphatic rings. The maximum Gasteiger partial charge on any atom is 0.157 e. The van der Waals surface area contributed by atoms with Crippen LogP contribution >= 0.6 is 0 Å². The Kier molecular flexibility index (Phi) is 3.12. The quantitative estimate of drug-likeness (QED) is 0.695. The molecule has 1 rings (SSSR count).